The summed E-state index contributed by atoms with van der Waals surface area (Å²) < 4.78 is 18.8. The number of hydrogen-bond acceptors (Lipinski definition) is 3. The molecular formula is C27H26ClFN4O2. The van der Waals surface area contributed by atoms with E-state index in [-0.39, 0.29) is 11.1 Å². The molecule has 4 rings (SSSR count). The number of carbonyl (C=O) groups is 1. The van der Waals surface area contributed by atoms with Gasteiger partial charge in [-0.1, -0.05) is 42.8 Å². The van der Waals surface area contributed by atoms with Crippen molar-refractivity contribution in [2.24, 2.45) is 0 Å². The molecule has 0 saturated carbocycles. The minimum absolute atomic E-state index is 0.0545. The molecule has 2 amide bonds. The van der Waals surface area contributed by atoms with E-state index in [0.717, 1.165) is 34.6 Å². The van der Waals surface area contributed by atoms with Crippen molar-refractivity contribution in [1.82, 2.24) is 15.1 Å². The third-order valence-electron chi connectivity index (χ3n) is 5.72. The lowest BCUT2D eigenvalue weighted by Crippen LogP contribution is -2.34. The van der Waals surface area contributed by atoms with Crippen LogP contribution in [0.1, 0.15) is 23.6 Å². The summed E-state index contributed by atoms with van der Waals surface area (Å²) in [5.74, 6) is 0.212. The molecule has 0 radical (unpaired) electrons. The van der Waals surface area contributed by atoms with Gasteiger partial charge in [-0.05, 0) is 60.0 Å². The molecule has 0 saturated heterocycles. The number of amides is 2. The fraction of sp³-hybridized carbons (Fsp3) is 0.185. The quantitative estimate of drug-likeness (QED) is 0.288. The highest BCUT2D eigenvalue weighted by atomic mass is 35.5. The number of nitrogens with zero attached hydrogens (tertiary/aromatic N) is 2. The molecule has 0 spiro atoms. The Bertz CT molecular complexity index is 1290. The summed E-state index contributed by atoms with van der Waals surface area (Å²) in [5.41, 5.74) is 5.22. The summed E-state index contributed by atoms with van der Waals surface area (Å²) >= 11 is 5.90. The van der Waals surface area contributed by atoms with E-state index in [1.165, 1.54) is 23.8 Å². The van der Waals surface area contributed by atoms with E-state index in [0.29, 0.717) is 18.8 Å². The molecule has 0 atom stereocenters. The normalized spacial score (nSPS) is 10.7. The molecular weight excluding hydrogens is 467 g/mol. The maximum atomic E-state index is 13.6. The molecule has 0 unspecified atom stereocenters. The van der Waals surface area contributed by atoms with Crippen LogP contribution in [0.5, 0.6) is 5.75 Å². The van der Waals surface area contributed by atoms with Crippen LogP contribution in [0.4, 0.5) is 14.9 Å². The number of benzene rings is 3. The van der Waals surface area contributed by atoms with Gasteiger partial charge < -0.3 is 15.0 Å². The van der Waals surface area contributed by atoms with Crippen molar-refractivity contribution in [1.29, 1.82) is 0 Å². The predicted octanol–water partition coefficient (Wildman–Crippen LogP) is 6.67. The third-order valence-corrected chi connectivity index (χ3v) is 6.01. The molecule has 0 fully saturated rings. The lowest BCUT2D eigenvalue weighted by molar-refractivity contribution is 0.206. The van der Waals surface area contributed by atoms with Gasteiger partial charge in [0.2, 0.25) is 0 Å². The van der Waals surface area contributed by atoms with Crippen molar-refractivity contribution in [2.45, 2.75) is 26.4 Å². The number of ether oxygens (including phenoxy) is 1. The van der Waals surface area contributed by atoms with E-state index in [2.05, 4.69) is 34.6 Å². The number of urea groups is 1. The molecule has 3 aromatic carbocycles. The number of carbonyl (C=O) groups excluding carboxylic acids is 1. The Balaban J connectivity index is 1.60. The van der Waals surface area contributed by atoms with Gasteiger partial charge in [-0.15, -0.1) is 0 Å². The van der Waals surface area contributed by atoms with E-state index in [1.807, 2.05) is 36.4 Å². The van der Waals surface area contributed by atoms with Crippen LogP contribution in [-0.4, -0.2) is 28.2 Å². The molecule has 1 aromatic heterocycles. The number of hydrogen-bond donors (Lipinski definition) is 2. The van der Waals surface area contributed by atoms with E-state index in [4.69, 9.17) is 16.3 Å². The monoisotopic (exact) mass is 492 g/mol. The fourth-order valence-electron chi connectivity index (χ4n) is 3.72. The number of halogens is 2. The fourth-order valence-corrected chi connectivity index (χ4v) is 3.90. The highest BCUT2D eigenvalue weighted by molar-refractivity contribution is 6.31. The van der Waals surface area contributed by atoms with Crippen LogP contribution in [0, 0.1) is 5.82 Å². The first-order valence-electron chi connectivity index (χ1n) is 11.2. The Hall–Kier alpha value is -3.84. The van der Waals surface area contributed by atoms with Crippen molar-refractivity contribution < 1.29 is 13.9 Å². The third kappa shape index (κ3) is 6.00. The second-order valence-corrected chi connectivity index (χ2v) is 8.49. The van der Waals surface area contributed by atoms with Crippen LogP contribution in [-0.2, 0) is 19.5 Å². The Morgan fingerprint density at radius 2 is 1.77 bits per heavy atom. The molecule has 8 heteroatoms. The van der Waals surface area contributed by atoms with Crippen LogP contribution in [0.2, 0.25) is 5.02 Å². The molecule has 4 aromatic rings. The number of nitrogens with one attached hydrogen (secondary N) is 2. The number of aromatic amines is 1. The number of rotatable bonds is 8. The minimum Gasteiger partial charge on any atom is -0.497 e. The van der Waals surface area contributed by atoms with Crippen LogP contribution in [0.3, 0.4) is 0 Å². The second-order valence-electron chi connectivity index (χ2n) is 8.08. The zero-order chi connectivity index (χ0) is 24.8. The number of H-pyrrole nitrogens is 1. The number of anilines is 1. The molecule has 2 N–H and O–H groups in total. The maximum absolute atomic E-state index is 13.6. The first-order chi connectivity index (χ1) is 17.0. The van der Waals surface area contributed by atoms with E-state index in [9.17, 15) is 9.18 Å². The van der Waals surface area contributed by atoms with Gasteiger partial charge in [0.25, 0.3) is 0 Å². The van der Waals surface area contributed by atoms with Crippen molar-refractivity contribution in [2.75, 3.05) is 12.4 Å². The molecule has 1 heterocycles. The van der Waals surface area contributed by atoms with Crippen molar-refractivity contribution in [3.05, 3.63) is 100 Å². The van der Waals surface area contributed by atoms with Gasteiger partial charge in [0.05, 0.1) is 30.6 Å². The summed E-state index contributed by atoms with van der Waals surface area (Å²) in [6.45, 7) is 2.77. The van der Waals surface area contributed by atoms with E-state index >= 15 is 0 Å². The Morgan fingerprint density at radius 1 is 1.06 bits per heavy atom. The molecule has 0 aliphatic heterocycles. The van der Waals surface area contributed by atoms with Crippen molar-refractivity contribution in [3.63, 3.8) is 0 Å². The van der Waals surface area contributed by atoms with E-state index in [1.54, 1.807) is 18.2 Å². The largest absolute Gasteiger partial charge is 0.497 e. The maximum Gasteiger partial charge on any atom is 0.322 e. The van der Waals surface area contributed by atoms with Gasteiger partial charge in [-0.25, -0.2) is 9.18 Å². The first-order valence-corrected chi connectivity index (χ1v) is 11.6. The summed E-state index contributed by atoms with van der Waals surface area (Å²) in [6.07, 6.45) is 2.66. The van der Waals surface area contributed by atoms with Gasteiger partial charge in [0, 0.05) is 23.4 Å². The van der Waals surface area contributed by atoms with E-state index < -0.39 is 5.82 Å². The van der Waals surface area contributed by atoms with Gasteiger partial charge in [0.1, 0.15) is 11.6 Å². The van der Waals surface area contributed by atoms with Gasteiger partial charge in [0.15, 0.2) is 0 Å². The highest BCUT2D eigenvalue weighted by Crippen LogP contribution is 2.26. The van der Waals surface area contributed by atoms with Gasteiger partial charge >= 0.3 is 6.03 Å². The van der Waals surface area contributed by atoms with Crippen LogP contribution in [0.15, 0.2) is 72.9 Å². The number of methoxy groups -OCH3 is 1. The summed E-state index contributed by atoms with van der Waals surface area (Å²) in [7, 11) is 1.62. The molecule has 0 aliphatic rings. The molecule has 0 aliphatic carbocycles. The second kappa shape index (κ2) is 11.1. The predicted molar refractivity (Wildman–Crippen MR) is 136 cm³/mol. The first kappa shape index (κ1) is 24.3. The highest BCUT2D eigenvalue weighted by Gasteiger charge is 2.19. The Labute approximate surface area is 208 Å². The lowest BCUT2D eigenvalue weighted by Gasteiger charge is -2.24. The molecule has 180 valence electrons. The SMILES string of the molecule is CCc1ccc(CN(Cc2cn[nH]c2-c2ccc(OC)cc2)C(=O)Nc2ccc(F)c(Cl)c2)cc1. The zero-order valence-corrected chi connectivity index (χ0v) is 20.3. The average molecular weight is 493 g/mol. The molecule has 35 heavy (non-hydrogen) atoms. The lowest BCUT2D eigenvalue weighted by atomic mass is 10.1. The topological polar surface area (TPSA) is 70.2 Å². The Morgan fingerprint density at radius 3 is 2.43 bits per heavy atom. The van der Waals surface area contributed by atoms with Gasteiger partial charge in [-0.2, -0.15) is 5.10 Å². The van der Waals surface area contributed by atoms with Crippen molar-refractivity contribution in [3.8, 4) is 17.0 Å². The standard InChI is InChI=1S/C27H26ClFN4O2/c1-3-18-4-6-19(7-5-18)16-33(27(34)31-22-10-13-25(29)24(28)14-22)17-21-15-30-32-26(21)20-8-11-23(35-2)12-9-20/h4-15H,3,16-17H2,1-2H3,(H,30,32)(H,31,34). The van der Waals surface area contributed by atoms with Crippen LogP contribution in [0.25, 0.3) is 11.3 Å². The molecule has 6 nitrogen and oxygen atoms in total. The van der Waals surface area contributed by atoms with Crippen LogP contribution < -0.4 is 10.1 Å². The minimum atomic E-state index is -0.542. The number of aryl methyl sites for hydroxylation is 1. The smallest absolute Gasteiger partial charge is 0.322 e. The van der Waals surface area contributed by atoms with Crippen molar-refractivity contribution >= 4 is 23.3 Å². The molecule has 0 bridgehead atoms. The summed E-state index contributed by atoms with van der Waals surface area (Å²) in [5, 5.41) is 10.0. The number of aromatic nitrogens is 2. The Kier molecular flexibility index (Phi) is 7.67. The van der Waals surface area contributed by atoms with Gasteiger partial charge in [-0.3, -0.25) is 5.10 Å². The summed E-state index contributed by atoms with van der Waals surface area (Å²) in [4.78, 5) is 15.0. The average Bonchev–Trinajstić information content (AvgIpc) is 3.34. The zero-order valence-electron chi connectivity index (χ0n) is 19.5. The van der Waals surface area contributed by atoms with Crippen LogP contribution >= 0.6 is 11.6 Å². The summed E-state index contributed by atoms with van der Waals surface area (Å²) in [6, 6.07) is 19.5.